The molecule has 1 unspecified atom stereocenters. The zero-order valence-electron chi connectivity index (χ0n) is 13.7. The number of nitrogens with one attached hydrogen (secondary N) is 1. The van der Waals surface area contributed by atoms with Crippen molar-refractivity contribution in [1.29, 1.82) is 0 Å². The molecule has 1 atom stereocenters. The van der Waals surface area contributed by atoms with Gasteiger partial charge in [-0.3, -0.25) is 4.79 Å². The molecule has 24 heavy (non-hydrogen) atoms. The van der Waals surface area contributed by atoms with Crippen LogP contribution in [0.1, 0.15) is 25.0 Å². The van der Waals surface area contributed by atoms with Crippen molar-refractivity contribution < 1.29 is 9.53 Å². The summed E-state index contributed by atoms with van der Waals surface area (Å²) in [5, 5.41) is 2.86. The summed E-state index contributed by atoms with van der Waals surface area (Å²) in [5.74, 6) is -0.252. The Morgan fingerprint density at radius 2 is 1.75 bits per heavy atom. The lowest BCUT2D eigenvalue weighted by molar-refractivity contribution is -0.120. The van der Waals surface area contributed by atoms with Gasteiger partial charge in [-0.1, -0.05) is 40.2 Å². The first-order chi connectivity index (χ1) is 10.9. The van der Waals surface area contributed by atoms with E-state index < -0.39 is 5.54 Å². The fourth-order valence-electron chi connectivity index (χ4n) is 2.09. The molecule has 2 aromatic rings. The number of carbonyl (C=O) groups is 1. The fourth-order valence-corrected chi connectivity index (χ4v) is 2.36. The molecule has 0 radical (unpaired) electrons. The molecule has 0 saturated carbocycles. The Hall–Kier alpha value is -1.40. The summed E-state index contributed by atoms with van der Waals surface area (Å²) in [4.78, 5) is 12.5. The van der Waals surface area contributed by atoms with Crippen LogP contribution in [0.5, 0.6) is 0 Å². The lowest BCUT2D eigenvalue weighted by Crippen LogP contribution is -2.45. The molecule has 4 nitrogen and oxygen atoms in total. The van der Waals surface area contributed by atoms with Gasteiger partial charge in [0.15, 0.2) is 0 Å². The molecule has 0 spiro atoms. The number of anilines is 1. The predicted octanol–water partition coefficient (Wildman–Crippen LogP) is 4.22. The normalized spacial score (nSPS) is 12.8. The molecule has 0 fully saturated rings. The topological polar surface area (TPSA) is 64.3 Å². The van der Waals surface area contributed by atoms with Gasteiger partial charge in [0.25, 0.3) is 0 Å². The van der Waals surface area contributed by atoms with Crippen LogP contribution in [0, 0.1) is 0 Å². The minimum atomic E-state index is -1.11. The van der Waals surface area contributed by atoms with E-state index in [4.69, 9.17) is 10.5 Å². The van der Waals surface area contributed by atoms with Crippen molar-refractivity contribution in [3.05, 3.63) is 64.1 Å². The first-order valence-electron chi connectivity index (χ1n) is 7.46. The van der Waals surface area contributed by atoms with Gasteiger partial charge in [0.1, 0.15) is 5.54 Å². The number of ether oxygens (including phenoxy) is 1. The Labute approximate surface area is 157 Å². The average Bonchev–Trinajstić information content (AvgIpc) is 2.54. The second kappa shape index (κ2) is 9.18. The van der Waals surface area contributed by atoms with E-state index >= 15 is 0 Å². The molecule has 0 saturated heterocycles. The van der Waals surface area contributed by atoms with Crippen molar-refractivity contribution in [2.45, 2.75) is 26.0 Å². The van der Waals surface area contributed by atoms with Gasteiger partial charge in [0, 0.05) is 16.8 Å². The molecule has 6 heteroatoms. The molecular weight excluding hydrogens is 392 g/mol. The van der Waals surface area contributed by atoms with E-state index in [0.29, 0.717) is 18.9 Å². The number of nitrogens with two attached hydrogens (primary N) is 1. The smallest absolute Gasteiger partial charge is 0.248 e. The molecule has 0 aromatic heterocycles. The molecule has 2 aromatic carbocycles. The Balaban J connectivity index is 0.00000288. The monoisotopic (exact) mass is 412 g/mol. The number of hydrogen-bond acceptors (Lipinski definition) is 3. The van der Waals surface area contributed by atoms with Gasteiger partial charge in [0.2, 0.25) is 5.91 Å². The molecule has 2 rings (SSSR count). The molecule has 0 bridgehead atoms. The number of halogens is 2. The summed E-state index contributed by atoms with van der Waals surface area (Å²) in [6.45, 7) is 4.91. The third-order valence-corrected chi connectivity index (χ3v) is 4.13. The van der Waals surface area contributed by atoms with Crippen LogP contribution in [0.15, 0.2) is 53.0 Å². The lowest BCUT2D eigenvalue weighted by Gasteiger charge is -2.24. The minimum absolute atomic E-state index is 0. The first kappa shape index (κ1) is 20.6. The maximum Gasteiger partial charge on any atom is 0.248 e. The van der Waals surface area contributed by atoms with Crippen molar-refractivity contribution in [3.8, 4) is 0 Å². The maximum absolute atomic E-state index is 12.5. The second-order valence-corrected chi connectivity index (χ2v) is 6.41. The summed E-state index contributed by atoms with van der Waals surface area (Å²) < 4.78 is 6.30. The second-order valence-electron chi connectivity index (χ2n) is 5.50. The van der Waals surface area contributed by atoms with E-state index in [9.17, 15) is 4.79 Å². The third kappa shape index (κ3) is 5.31. The largest absolute Gasteiger partial charge is 0.377 e. The molecular formula is C18H22BrClN2O2. The highest BCUT2D eigenvalue weighted by molar-refractivity contribution is 9.10. The summed E-state index contributed by atoms with van der Waals surface area (Å²) in [6, 6.07) is 15.0. The number of benzene rings is 2. The lowest BCUT2D eigenvalue weighted by atomic mass is 9.92. The molecule has 130 valence electrons. The number of amides is 1. The Morgan fingerprint density at radius 1 is 1.17 bits per heavy atom. The van der Waals surface area contributed by atoms with Gasteiger partial charge in [-0.2, -0.15) is 0 Å². The molecule has 0 aliphatic rings. The first-order valence-corrected chi connectivity index (χ1v) is 8.26. The summed E-state index contributed by atoms with van der Waals surface area (Å²) in [6.07, 6.45) is 0. The summed E-state index contributed by atoms with van der Waals surface area (Å²) in [5.41, 5.74) is 7.65. The van der Waals surface area contributed by atoms with E-state index in [2.05, 4.69) is 21.2 Å². The van der Waals surface area contributed by atoms with E-state index in [0.717, 1.165) is 15.6 Å². The van der Waals surface area contributed by atoms with Crippen molar-refractivity contribution in [2.24, 2.45) is 5.73 Å². The van der Waals surface area contributed by atoms with Crippen LogP contribution in [0.2, 0.25) is 0 Å². The highest BCUT2D eigenvalue weighted by atomic mass is 79.9. The highest BCUT2D eigenvalue weighted by Crippen LogP contribution is 2.22. The fraction of sp³-hybridized carbons (Fsp3) is 0.278. The molecule has 1 amide bonds. The number of hydrogen-bond donors (Lipinski definition) is 2. The van der Waals surface area contributed by atoms with Crippen LogP contribution in [0.4, 0.5) is 5.69 Å². The van der Waals surface area contributed by atoms with Gasteiger partial charge in [-0.15, -0.1) is 12.4 Å². The standard InChI is InChI=1S/C18H21BrN2O2.ClH/c1-3-23-12-13-4-10-16(11-5-13)21-17(22)18(2,20)14-6-8-15(19)9-7-14;/h4-11H,3,12,20H2,1-2H3,(H,21,22);1H. The third-order valence-electron chi connectivity index (χ3n) is 3.60. The Bertz CT molecular complexity index is 658. The quantitative estimate of drug-likeness (QED) is 0.745. The average molecular weight is 414 g/mol. The van der Waals surface area contributed by atoms with Crippen LogP contribution in [-0.2, 0) is 21.7 Å². The van der Waals surface area contributed by atoms with E-state index in [-0.39, 0.29) is 18.3 Å². The van der Waals surface area contributed by atoms with E-state index in [1.807, 2.05) is 55.5 Å². The maximum atomic E-state index is 12.5. The van der Waals surface area contributed by atoms with E-state index in [1.165, 1.54) is 0 Å². The number of rotatable bonds is 6. The number of carbonyl (C=O) groups excluding carboxylic acids is 1. The Morgan fingerprint density at radius 3 is 2.29 bits per heavy atom. The molecule has 0 aliphatic heterocycles. The van der Waals surface area contributed by atoms with Crippen LogP contribution < -0.4 is 11.1 Å². The van der Waals surface area contributed by atoms with Gasteiger partial charge in [-0.25, -0.2) is 0 Å². The zero-order valence-corrected chi connectivity index (χ0v) is 16.1. The Kier molecular flexibility index (Phi) is 7.90. The summed E-state index contributed by atoms with van der Waals surface area (Å²) in [7, 11) is 0. The summed E-state index contributed by atoms with van der Waals surface area (Å²) >= 11 is 3.38. The van der Waals surface area contributed by atoms with Gasteiger partial charge >= 0.3 is 0 Å². The van der Waals surface area contributed by atoms with Crippen molar-refractivity contribution in [3.63, 3.8) is 0 Å². The molecule has 3 N–H and O–H groups in total. The van der Waals surface area contributed by atoms with Crippen LogP contribution in [0.25, 0.3) is 0 Å². The van der Waals surface area contributed by atoms with E-state index in [1.54, 1.807) is 6.92 Å². The minimum Gasteiger partial charge on any atom is -0.377 e. The molecule has 0 heterocycles. The zero-order chi connectivity index (χ0) is 16.9. The van der Waals surface area contributed by atoms with Crippen LogP contribution >= 0.6 is 28.3 Å². The van der Waals surface area contributed by atoms with Crippen molar-refractivity contribution in [2.75, 3.05) is 11.9 Å². The SMILES string of the molecule is CCOCc1ccc(NC(=O)C(C)(N)c2ccc(Br)cc2)cc1.Cl. The molecule has 0 aliphatic carbocycles. The highest BCUT2D eigenvalue weighted by Gasteiger charge is 2.30. The van der Waals surface area contributed by atoms with Crippen molar-refractivity contribution in [1.82, 2.24) is 0 Å². The van der Waals surface area contributed by atoms with Crippen LogP contribution in [-0.4, -0.2) is 12.5 Å². The van der Waals surface area contributed by atoms with Gasteiger partial charge in [0.05, 0.1) is 6.61 Å². The predicted molar refractivity (Wildman–Crippen MR) is 103 cm³/mol. The van der Waals surface area contributed by atoms with Gasteiger partial charge < -0.3 is 15.8 Å². The van der Waals surface area contributed by atoms with Gasteiger partial charge in [-0.05, 0) is 49.2 Å². The van der Waals surface area contributed by atoms with Crippen molar-refractivity contribution >= 4 is 39.9 Å². The van der Waals surface area contributed by atoms with Crippen LogP contribution in [0.3, 0.4) is 0 Å².